The van der Waals surface area contributed by atoms with Gasteiger partial charge in [-0.25, -0.2) is 4.79 Å². The van der Waals surface area contributed by atoms with Crippen LogP contribution >= 0.6 is 0 Å². The summed E-state index contributed by atoms with van der Waals surface area (Å²) in [4.78, 5) is 11.6. The fourth-order valence-corrected chi connectivity index (χ4v) is 1.74. The van der Waals surface area contributed by atoms with Gasteiger partial charge >= 0.3 is 5.97 Å². The topological polar surface area (TPSA) is 44.8 Å². The van der Waals surface area contributed by atoms with Gasteiger partial charge in [-0.3, -0.25) is 0 Å². The van der Waals surface area contributed by atoms with Gasteiger partial charge in [0.15, 0.2) is 6.61 Å². The van der Waals surface area contributed by atoms with Gasteiger partial charge in [0.2, 0.25) is 0 Å². The predicted molar refractivity (Wildman–Crippen MR) is 84.3 cm³/mol. The molecule has 0 aliphatic rings. The van der Waals surface area contributed by atoms with Gasteiger partial charge in [-0.15, -0.1) is 0 Å². The van der Waals surface area contributed by atoms with E-state index >= 15 is 0 Å². The number of hydrogen-bond acceptors (Lipinski definition) is 4. The Kier molecular flexibility index (Phi) is 5.04. The highest BCUT2D eigenvalue weighted by atomic mass is 16.6. The molecule has 22 heavy (non-hydrogen) atoms. The minimum atomic E-state index is -0.506. The molecule has 0 saturated heterocycles. The quantitative estimate of drug-likeness (QED) is 0.776. The summed E-state index contributed by atoms with van der Waals surface area (Å²) in [6.07, 6.45) is 0. The molecule has 0 saturated carbocycles. The van der Waals surface area contributed by atoms with Gasteiger partial charge in [0.05, 0.1) is 0 Å². The van der Waals surface area contributed by atoms with Crippen molar-refractivity contribution in [2.75, 3.05) is 6.61 Å². The van der Waals surface area contributed by atoms with E-state index in [1.54, 1.807) is 24.3 Å². The summed E-state index contributed by atoms with van der Waals surface area (Å²) < 4.78 is 16.2. The van der Waals surface area contributed by atoms with Crippen LogP contribution in [0.1, 0.15) is 20.8 Å². The monoisotopic (exact) mass is 300 g/mol. The first-order valence-electron chi connectivity index (χ1n) is 7.10. The molecule has 2 aromatic rings. The maximum absolute atomic E-state index is 11.6. The molecule has 4 heteroatoms. The summed E-state index contributed by atoms with van der Waals surface area (Å²) in [7, 11) is 0. The van der Waals surface area contributed by atoms with Gasteiger partial charge in [-0.1, -0.05) is 18.2 Å². The second kappa shape index (κ2) is 6.98. The molecule has 0 radical (unpaired) electrons. The zero-order valence-corrected chi connectivity index (χ0v) is 13.0. The predicted octanol–water partition coefficient (Wildman–Crippen LogP) is 4.20. The van der Waals surface area contributed by atoms with E-state index in [0.29, 0.717) is 11.5 Å². The fraction of sp³-hybridized carbons (Fsp3) is 0.278. The van der Waals surface area contributed by atoms with Crippen LogP contribution in [0.2, 0.25) is 0 Å². The lowest BCUT2D eigenvalue weighted by Crippen LogP contribution is -2.27. The molecule has 2 aromatic carbocycles. The summed E-state index contributed by atoms with van der Waals surface area (Å²) in [6.45, 7) is 5.35. The van der Waals surface area contributed by atoms with E-state index in [1.807, 2.05) is 51.1 Å². The number of carbonyl (C=O) groups excluding carboxylic acids is 1. The maximum atomic E-state index is 11.6. The summed E-state index contributed by atoms with van der Waals surface area (Å²) in [5.41, 5.74) is -0.506. The molecule has 0 spiro atoms. The maximum Gasteiger partial charge on any atom is 0.344 e. The van der Waals surface area contributed by atoms with E-state index < -0.39 is 11.6 Å². The highest BCUT2D eigenvalue weighted by Crippen LogP contribution is 2.23. The largest absolute Gasteiger partial charge is 0.482 e. The highest BCUT2D eigenvalue weighted by molar-refractivity contribution is 5.71. The standard InChI is InChI=1S/C18H20O4/c1-18(2,3)22-17(19)13-20-14-9-11-16(12-10-14)21-15-7-5-4-6-8-15/h4-12H,13H2,1-3H3. The Balaban J connectivity index is 1.86. The van der Waals surface area contributed by atoms with Crippen molar-refractivity contribution in [2.24, 2.45) is 0 Å². The van der Waals surface area contributed by atoms with Crippen molar-refractivity contribution >= 4 is 5.97 Å². The molecular formula is C18H20O4. The number of rotatable bonds is 5. The minimum Gasteiger partial charge on any atom is -0.482 e. The number of para-hydroxylation sites is 1. The van der Waals surface area contributed by atoms with E-state index in [4.69, 9.17) is 14.2 Å². The normalized spacial score (nSPS) is 10.9. The Morgan fingerprint density at radius 3 is 2.00 bits per heavy atom. The van der Waals surface area contributed by atoms with Crippen molar-refractivity contribution < 1.29 is 19.0 Å². The SMILES string of the molecule is CC(C)(C)OC(=O)COc1ccc(Oc2ccccc2)cc1. The van der Waals surface area contributed by atoms with Crippen molar-refractivity contribution in [3.63, 3.8) is 0 Å². The first-order valence-corrected chi connectivity index (χ1v) is 7.10. The Hall–Kier alpha value is -2.49. The van der Waals surface area contributed by atoms with Crippen molar-refractivity contribution in [2.45, 2.75) is 26.4 Å². The van der Waals surface area contributed by atoms with Gasteiger partial charge in [0.25, 0.3) is 0 Å². The molecule has 0 aromatic heterocycles. The van der Waals surface area contributed by atoms with Gasteiger partial charge in [-0.05, 0) is 57.2 Å². The first kappa shape index (κ1) is 15.9. The molecule has 0 bridgehead atoms. The van der Waals surface area contributed by atoms with Crippen LogP contribution in [0.15, 0.2) is 54.6 Å². The molecule has 0 aliphatic carbocycles. The molecule has 0 atom stereocenters. The number of benzene rings is 2. The molecule has 0 amide bonds. The Morgan fingerprint density at radius 1 is 0.864 bits per heavy atom. The molecule has 0 fully saturated rings. The average Bonchev–Trinajstić information content (AvgIpc) is 2.46. The van der Waals surface area contributed by atoms with Crippen LogP contribution in [0.4, 0.5) is 0 Å². The lowest BCUT2D eigenvalue weighted by molar-refractivity contribution is -0.157. The van der Waals surface area contributed by atoms with Gasteiger partial charge < -0.3 is 14.2 Å². The Labute approximate surface area is 130 Å². The fourth-order valence-electron chi connectivity index (χ4n) is 1.74. The van der Waals surface area contributed by atoms with Crippen LogP contribution in [0, 0.1) is 0 Å². The first-order chi connectivity index (χ1) is 10.4. The third kappa shape index (κ3) is 5.48. The smallest absolute Gasteiger partial charge is 0.344 e. The molecule has 4 nitrogen and oxygen atoms in total. The number of carbonyl (C=O) groups is 1. The van der Waals surface area contributed by atoms with Crippen molar-refractivity contribution in [3.8, 4) is 17.2 Å². The second-order valence-corrected chi connectivity index (χ2v) is 5.76. The number of ether oxygens (including phenoxy) is 3. The summed E-state index contributed by atoms with van der Waals surface area (Å²) in [6, 6.07) is 16.6. The van der Waals surface area contributed by atoms with Crippen LogP contribution in [-0.4, -0.2) is 18.2 Å². The zero-order chi connectivity index (χ0) is 16.0. The van der Waals surface area contributed by atoms with Crippen LogP contribution in [0.3, 0.4) is 0 Å². The van der Waals surface area contributed by atoms with Crippen molar-refractivity contribution in [1.29, 1.82) is 0 Å². The zero-order valence-electron chi connectivity index (χ0n) is 13.0. The lowest BCUT2D eigenvalue weighted by atomic mass is 10.2. The molecule has 0 N–H and O–H groups in total. The third-order valence-electron chi connectivity index (χ3n) is 2.58. The highest BCUT2D eigenvalue weighted by Gasteiger charge is 2.16. The van der Waals surface area contributed by atoms with Gasteiger partial charge in [0.1, 0.15) is 22.8 Å². The van der Waals surface area contributed by atoms with Crippen LogP contribution in [0.5, 0.6) is 17.2 Å². The van der Waals surface area contributed by atoms with Crippen molar-refractivity contribution in [3.05, 3.63) is 54.6 Å². The van der Waals surface area contributed by atoms with E-state index in [2.05, 4.69) is 0 Å². The molecule has 0 aliphatic heterocycles. The van der Waals surface area contributed by atoms with E-state index in [1.165, 1.54) is 0 Å². The minimum absolute atomic E-state index is 0.115. The average molecular weight is 300 g/mol. The lowest BCUT2D eigenvalue weighted by Gasteiger charge is -2.19. The van der Waals surface area contributed by atoms with Crippen LogP contribution in [0.25, 0.3) is 0 Å². The van der Waals surface area contributed by atoms with E-state index in [0.717, 1.165) is 5.75 Å². The summed E-state index contributed by atoms with van der Waals surface area (Å²) in [5.74, 6) is 1.67. The molecule has 2 rings (SSSR count). The van der Waals surface area contributed by atoms with Gasteiger partial charge in [-0.2, -0.15) is 0 Å². The second-order valence-electron chi connectivity index (χ2n) is 5.76. The Morgan fingerprint density at radius 2 is 1.41 bits per heavy atom. The Bertz CT molecular complexity index is 597. The number of hydrogen-bond donors (Lipinski definition) is 0. The molecule has 0 heterocycles. The molecule has 0 unspecified atom stereocenters. The van der Waals surface area contributed by atoms with E-state index in [-0.39, 0.29) is 6.61 Å². The molecular weight excluding hydrogens is 280 g/mol. The van der Waals surface area contributed by atoms with Crippen molar-refractivity contribution in [1.82, 2.24) is 0 Å². The summed E-state index contributed by atoms with van der Waals surface area (Å²) in [5, 5.41) is 0. The van der Waals surface area contributed by atoms with Crippen LogP contribution in [-0.2, 0) is 9.53 Å². The van der Waals surface area contributed by atoms with Crippen LogP contribution < -0.4 is 9.47 Å². The number of esters is 1. The molecule has 116 valence electrons. The van der Waals surface area contributed by atoms with E-state index in [9.17, 15) is 4.79 Å². The summed E-state index contributed by atoms with van der Waals surface area (Å²) >= 11 is 0. The third-order valence-corrected chi connectivity index (χ3v) is 2.58. The van der Waals surface area contributed by atoms with Gasteiger partial charge in [0, 0.05) is 0 Å².